The summed E-state index contributed by atoms with van der Waals surface area (Å²) in [6.45, 7) is 7.08. The van der Waals surface area contributed by atoms with Gasteiger partial charge in [0, 0.05) is 32.6 Å². The first-order chi connectivity index (χ1) is 15.2. The van der Waals surface area contributed by atoms with Crippen molar-refractivity contribution < 1.29 is 27.2 Å². The molecule has 2 aromatic rings. The lowest BCUT2D eigenvalue weighted by Crippen LogP contribution is -2.50. The Balaban J connectivity index is 1.52. The van der Waals surface area contributed by atoms with Gasteiger partial charge in [-0.2, -0.15) is 4.31 Å². The van der Waals surface area contributed by atoms with Gasteiger partial charge in [-0.15, -0.1) is 0 Å². The second-order valence-corrected chi connectivity index (χ2v) is 9.89. The van der Waals surface area contributed by atoms with Crippen molar-refractivity contribution in [1.29, 1.82) is 0 Å². The first-order valence-corrected chi connectivity index (χ1v) is 12.3. The zero-order valence-corrected chi connectivity index (χ0v) is 19.6. The number of aryl methyl sites for hydroxylation is 1. The fourth-order valence-electron chi connectivity index (χ4n) is 3.55. The number of piperazine rings is 1. The van der Waals surface area contributed by atoms with Crippen LogP contribution < -0.4 is 0 Å². The molecule has 1 aliphatic rings. The molecule has 1 fully saturated rings. The normalized spacial score (nSPS) is 15.2. The third-order valence-electron chi connectivity index (χ3n) is 5.52. The van der Waals surface area contributed by atoms with Crippen LogP contribution in [-0.4, -0.2) is 62.3 Å². The average molecular weight is 463 g/mol. The van der Waals surface area contributed by atoms with E-state index >= 15 is 0 Å². The molecule has 1 amide bonds. The van der Waals surface area contributed by atoms with Crippen LogP contribution >= 0.6 is 0 Å². The average Bonchev–Trinajstić information content (AvgIpc) is 3.29. The van der Waals surface area contributed by atoms with E-state index < -0.39 is 16.0 Å². The molecule has 0 unspecified atom stereocenters. The SMILES string of the molecule is CCOC(=O)c1ccc(S(=O)(=O)N2CCN(C(=O)CCc3ccc(C(C)C)cc3)CC2)o1. The number of amides is 1. The molecule has 0 saturated carbocycles. The fraction of sp³-hybridized carbons (Fsp3) is 0.478. The fourth-order valence-corrected chi connectivity index (χ4v) is 4.89. The smallest absolute Gasteiger partial charge is 0.374 e. The number of hydrogen-bond donors (Lipinski definition) is 0. The molecule has 1 aromatic heterocycles. The molecule has 1 aliphatic heterocycles. The van der Waals surface area contributed by atoms with Crippen molar-refractivity contribution in [3.63, 3.8) is 0 Å². The molecule has 1 saturated heterocycles. The maximum Gasteiger partial charge on any atom is 0.374 e. The maximum absolute atomic E-state index is 12.8. The van der Waals surface area contributed by atoms with Crippen LogP contribution in [0.2, 0.25) is 0 Å². The van der Waals surface area contributed by atoms with Gasteiger partial charge in [-0.3, -0.25) is 4.79 Å². The van der Waals surface area contributed by atoms with Crippen molar-refractivity contribution in [3.8, 4) is 0 Å². The summed E-state index contributed by atoms with van der Waals surface area (Å²) in [5, 5.41) is -0.301. The van der Waals surface area contributed by atoms with E-state index in [4.69, 9.17) is 9.15 Å². The predicted molar refractivity (Wildman–Crippen MR) is 119 cm³/mol. The highest BCUT2D eigenvalue weighted by atomic mass is 32.2. The van der Waals surface area contributed by atoms with Crippen molar-refractivity contribution in [2.75, 3.05) is 32.8 Å². The largest absolute Gasteiger partial charge is 0.460 e. The van der Waals surface area contributed by atoms with Gasteiger partial charge in [0.25, 0.3) is 10.0 Å². The molecular weight excluding hydrogens is 432 g/mol. The van der Waals surface area contributed by atoms with Crippen LogP contribution in [0, 0.1) is 0 Å². The van der Waals surface area contributed by atoms with Crippen LogP contribution in [0.25, 0.3) is 0 Å². The van der Waals surface area contributed by atoms with Crippen LogP contribution in [-0.2, 0) is 26.0 Å². The number of carbonyl (C=O) groups excluding carboxylic acids is 2. The number of carbonyl (C=O) groups is 2. The Kier molecular flexibility index (Phi) is 7.73. The van der Waals surface area contributed by atoms with Gasteiger partial charge in [0.1, 0.15) is 0 Å². The second-order valence-electron chi connectivity index (χ2n) is 8.02. The summed E-state index contributed by atoms with van der Waals surface area (Å²) < 4.78 is 37.0. The van der Waals surface area contributed by atoms with E-state index in [0.29, 0.717) is 31.8 Å². The van der Waals surface area contributed by atoms with E-state index in [-0.39, 0.29) is 36.5 Å². The van der Waals surface area contributed by atoms with Crippen molar-refractivity contribution in [3.05, 3.63) is 53.3 Å². The predicted octanol–water partition coefficient (Wildman–Crippen LogP) is 3.05. The number of sulfonamides is 1. The van der Waals surface area contributed by atoms with Gasteiger partial charge in [0.05, 0.1) is 6.61 Å². The molecule has 174 valence electrons. The third kappa shape index (κ3) is 5.58. The molecule has 0 radical (unpaired) electrons. The second kappa shape index (κ2) is 10.3. The molecule has 1 aromatic carbocycles. The Morgan fingerprint density at radius 1 is 1.03 bits per heavy atom. The van der Waals surface area contributed by atoms with Crippen molar-refractivity contribution >= 4 is 21.9 Å². The summed E-state index contributed by atoms with van der Waals surface area (Å²) in [7, 11) is -3.88. The minimum absolute atomic E-state index is 0.0116. The zero-order valence-electron chi connectivity index (χ0n) is 18.7. The highest BCUT2D eigenvalue weighted by Crippen LogP contribution is 2.21. The van der Waals surface area contributed by atoms with E-state index in [1.165, 1.54) is 22.0 Å². The van der Waals surface area contributed by atoms with Gasteiger partial charge in [-0.25, -0.2) is 13.2 Å². The minimum Gasteiger partial charge on any atom is -0.460 e. The topological polar surface area (TPSA) is 97.1 Å². The molecule has 0 atom stereocenters. The van der Waals surface area contributed by atoms with Crippen LogP contribution in [0.1, 0.15) is 54.8 Å². The van der Waals surface area contributed by atoms with E-state index in [2.05, 4.69) is 38.1 Å². The van der Waals surface area contributed by atoms with Gasteiger partial charge in [-0.1, -0.05) is 38.1 Å². The van der Waals surface area contributed by atoms with Crippen LogP contribution in [0.3, 0.4) is 0 Å². The highest BCUT2D eigenvalue weighted by Gasteiger charge is 2.32. The van der Waals surface area contributed by atoms with Crippen LogP contribution in [0.15, 0.2) is 45.9 Å². The zero-order chi connectivity index (χ0) is 23.3. The molecule has 2 heterocycles. The number of hydrogen-bond acceptors (Lipinski definition) is 6. The lowest BCUT2D eigenvalue weighted by molar-refractivity contribution is -0.132. The Morgan fingerprint density at radius 2 is 1.69 bits per heavy atom. The third-order valence-corrected chi connectivity index (χ3v) is 7.29. The molecule has 0 bridgehead atoms. The van der Waals surface area contributed by atoms with Crippen molar-refractivity contribution in [1.82, 2.24) is 9.21 Å². The summed E-state index contributed by atoms with van der Waals surface area (Å²) in [6.07, 6.45) is 1.04. The molecule has 3 rings (SSSR count). The molecule has 0 N–H and O–H groups in total. The lowest BCUT2D eigenvalue weighted by atomic mass is 10.00. The highest BCUT2D eigenvalue weighted by molar-refractivity contribution is 7.89. The number of nitrogens with zero attached hydrogens (tertiary/aromatic N) is 2. The Labute approximate surface area is 189 Å². The van der Waals surface area contributed by atoms with Gasteiger partial charge in [0.15, 0.2) is 0 Å². The van der Waals surface area contributed by atoms with Gasteiger partial charge < -0.3 is 14.1 Å². The van der Waals surface area contributed by atoms with Gasteiger partial charge in [0.2, 0.25) is 16.8 Å². The Hall–Kier alpha value is -2.65. The lowest BCUT2D eigenvalue weighted by Gasteiger charge is -2.33. The molecule has 9 heteroatoms. The standard InChI is InChI=1S/C23H30N2O6S/c1-4-30-23(27)20-10-12-22(31-20)32(28,29)25-15-13-24(14-16-25)21(26)11-7-18-5-8-19(9-6-18)17(2)3/h5-6,8-10,12,17H,4,7,11,13-16H2,1-3H3. The first kappa shape index (κ1) is 24.0. The summed E-state index contributed by atoms with van der Waals surface area (Å²) in [4.78, 5) is 26.0. The van der Waals surface area contributed by atoms with E-state index in [1.54, 1.807) is 11.8 Å². The monoisotopic (exact) mass is 462 g/mol. The number of rotatable bonds is 8. The summed E-state index contributed by atoms with van der Waals surface area (Å²) >= 11 is 0. The summed E-state index contributed by atoms with van der Waals surface area (Å²) in [5.41, 5.74) is 2.38. The van der Waals surface area contributed by atoms with Crippen LogP contribution in [0.5, 0.6) is 0 Å². The number of ether oxygens (including phenoxy) is 1. The molecule has 0 aliphatic carbocycles. The van der Waals surface area contributed by atoms with Crippen molar-refractivity contribution in [2.45, 2.75) is 44.6 Å². The van der Waals surface area contributed by atoms with E-state index in [0.717, 1.165) is 5.56 Å². The maximum atomic E-state index is 12.8. The van der Waals surface area contributed by atoms with E-state index in [9.17, 15) is 18.0 Å². The quantitative estimate of drug-likeness (QED) is 0.560. The van der Waals surface area contributed by atoms with Crippen molar-refractivity contribution in [2.24, 2.45) is 0 Å². The van der Waals surface area contributed by atoms with E-state index in [1.807, 2.05) is 0 Å². The first-order valence-electron chi connectivity index (χ1n) is 10.9. The molecule has 32 heavy (non-hydrogen) atoms. The van der Waals surface area contributed by atoms with Gasteiger partial charge >= 0.3 is 5.97 Å². The number of esters is 1. The summed E-state index contributed by atoms with van der Waals surface area (Å²) in [6, 6.07) is 10.8. The number of benzene rings is 1. The molecular formula is C23H30N2O6S. The minimum atomic E-state index is -3.88. The van der Waals surface area contributed by atoms with Gasteiger partial charge in [-0.05, 0) is 42.5 Å². The Morgan fingerprint density at radius 3 is 2.28 bits per heavy atom. The van der Waals surface area contributed by atoms with Crippen LogP contribution in [0.4, 0.5) is 0 Å². The summed E-state index contributed by atoms with van der Waals surface area (Å²) in [5.74, 6) is -0.377. The molecule has 0 spiro atoms. The Bertz CT molecular complexity index is 1030. The molecule has 8 nitrogen and oxygen atoms in total. The number of furan rings is 1.